The van der Waals surface area contributed by atoms with Crippen LogP contribution < -0.4 is 5.32 Å². The Morgan fingerprint density at radius 3 is 2.47 bits per heavy atom. The molecule has 1 amide bonds. The maximum atomic E-state index is 12.9. The molecule has 2 rings (SSSR count). The number of rotatable bonds is 1. The van der Waals surface area contributed by atoms with Gasteiger partial charge in [0.15, 0.2) is 0 Å². The largest absolute Gasteiger partial charge is 0.341 e. The Hall–Kier alpha value is -0.710. The number of likely N-dealkylation sites (tertiary alicyclic amines) is 1. The van der Waals surface area contributed by atoms with Crippen molar-refractivity contribution in [2.24, 2.45) is 0 Å². The number of hydrogen-bond donors (Lipinski definition) is 1. The first-order chi connectivity index (χ1) is 7.08. The Labute approximate surface area is 87.8 Å². The van der Waals surface area contributed by atoms with Gasteiger partial charge in [0.05, 0.1) is 12.6 Å². The van der Waals surface area contributed by atoms with Gasteiger partial charge in [-0.15, -0.1) is 0 Å². The minimum absolute atomic E-state index is 0.146. The van der Waals surface area contributed by atoms with Gasteiger partial charge in [0.2, 0.25) is 5.91 Å². The third-order valence-corrected chi connectivity index (χ3v) is 3.08. The van der Waals surface area contributed by atoms with Crippen LogP contribution in [0.1, 0.15) is 25.7 Å². The highest BCUT2D eigenvalue weighted by atomic mass is 19.3. The van der Waals surface area contributed by atoms with Gasteiger partial charge in [0, 0.05) is 19.5 Å². The topological polar surface area (TPSA) is 32.3 Å². The lowest BCUT2D eigenvalue weighted by molar-refractivity contribution is -0.134. The van der Waals surface area contributed by atoms with Crippen LogP contribution in [0.3, 0.4) is 0 Å². The first-order valence-corrected chi connectivity index (χ1v) is 5.48. The molecule has 2 saturated heterocycles. The van der Waals surface area contributed by atoms with E-state index in [9.17, 15) is 13.6 Å². The summed E-state index contributed by atoms with van der Waals surface area (Å²) in [7, 11) is 0. The zero-order valence-corrected chi connectivity index (χ0v) is 8.64. The summed E-state index contributed by atoms with van der Waals surface area (Å²) in [6.07, 6.45) is 2.78. The number of nitrogens with zero attached hydrogens (tertiary/aromatic N) is 1. The van der Waals surface area contributed by atoms with Crippen molar-refractivity contribution < 1.29 is 13.6 Å². The summed E-state index contributed by atoms with van der Waals surface area (Å²) in [6.45, 7) is 1.09. The van der Waals surface area contributed by atoms with E-state index in [0.717, 1.165) is 32.4 Å². The summed E-state index contributed by atoms with van der Waals surface area (Å²) in [5, 5.41) is 2.60. The zero-order valence-electron chi connectivity index (χ0n) is 8.64. The van der Waals surface area contributed by atoms with Crippen LogP contribution in [0.4, 0.5) is 8.78 Å². The average molecular weight is 218 g/mol. The van der Waals surface area contributed by atoms with Crippen LogP contribution in [-0.4, -0.2) is 42.4 Å². The molecule has 0 aromatic carbocycles. The van der Waals surface area contributed by atoms with Gasteiger partial charge in [-0.3, -0.25) is 10.1 Å². The van der Waals surface area contributed by atoms with Gasteiger partial charge in [0.25, 0.3) is 5.92 Å². The Morgan fingerprint density at radius 2 is 1.93 bits per heavy atom. The van der Waals surface area contributed by atoms with Crippen LogP contribution in [0.25, 0.3) is 0 Å². The number of hydrogen-bond acceptors (Lipinski definition) is 2. The van der Waals surface area contributed by atoms with Crippen molar-refractivity contribution in [3.05, 3.63) is 0 Å². The Kier molecular flexibility index (Phi) is 2.91. The molecule has 0 radical (unpaired) electrons. The van der Waals surface area contributed by atoms with Crippen molar-refractivity contribution in [1.82, 2.24) is 10.2 Å². The van der Waals surface area contributed by atoms with E-state index >= 15 is 0 Å². The zero-order chi connectivity index (χ0) is 10.9. The maximum absolute atomic E-state index is 12.9. The van der Waals surface area contributed by atoms with E-state index in [0.29, 0.717) is 0 Å². The molecule has 2 aliphatic rings. The first kappa shape index (κ1) is 10.8. The number of amides is 1. The second-order valence-electron chi connectivity index (χ2n) is 4.38. The molecule has 0 aliphatic carbocycles. The van der Waals surface area contributed by atoms with Gasteiger partial charge in [-0.2, -0.15) is 0 Å². The molecular formula is C10H16F2N2O. The van der Waals surface area contributed by atoms with E-state index in [4.69, 9.17) is 0 Å². The highest BCUT2D eigenvalue weighted by Crippen LogP contribution is 2.26. The van der Waals surface area contributed by atoms with Crippen molar-refractivity contribution in [2.75, 3.05) is 19.6 Å². The van der Waals surface area contributed by atoms with Crippen LogP contribution >= 0.6 is 0 Å². The standard InChI is InChI=1S/C10H16F2N2O/c11-10(12)6-8(13-7-10)9(15)14-4-2-1-3-5-14/h8,13H,1-7H2. The highest BCUT2D eigenvalue weighted by molar-refractivity contribution is 5.82. The average Bonchev–Trinajstić information content (AvgIpc) is 2.59. The predicted octanol–water partition coefficient (Wildman–Crippen LogP) is 0.996. The Morgan fingerprint density at radius 1 is 1.27 bits per heavy atom. The fraction of sp³-hybridized carbons (Fsp3) is 0.900. The quantitative estimate of drug-likeness (QED) is 0.712. The number of nitrogens with one attached hydrogen (secondary N) is 1. The van der Waals surface area contributed by atoms with Crippen LogP contribution in [0.2, 0.25) is 0 Å². The smallest absolute Gasteiger partial charge is 0.262 e. The van der Waals surface area contributed by atoms with E-state index in [1.165, 1.54) is 0 Å². The lowest BCUT2D eigenvalue weighted by atomic mass is 10.1. The van der Waals surface area contributed by atoms with Gasteiger partial charge in [-0.05, 0) is 19.3 Å². The Bertz CT molecular complexity index is 252. The number of carbonyl (C=O) groups is 1. The molecule has 0 aromatic rings. The summed E-state index contributed by atoms with van der Waals surface area (Å²) in [6, 6.07) is -0.668. The van der Waals surface area contributed by atoms with Crippen LogP contribution in [0, 0.1) is 0 Å². The molecule has 5 heteroatoms. The first-order valence-electron chi connectivity index (χ1n) is 5.48. The molecule has 1 atom stereocenters. The predicted molar refractivity (Wildman–Crippen MR) is 51.8 cm³/mol. The fourth-order valence-electron chi connectivity index (χ4n) is 2.22. The number of alkyl halides is 2. The molecule has 1 unspecified atom stereocenters. The SMILES string of the molecule is O=C(C1CC(F)(F)CN1)N1CCCCC1. The summed E-state index contributed by atoms with van der Waals surface area (Å²) in [5.41, 5.74) is 0. The molecule has 3 nitrogen and oxygen atoms in total. The van der Waals surface area contributed by atoms with Crippen molar-refractivity contribution >= 4 is 5.91 Å². The van der Waals surface area contributed by atoms with Crippen LogP contribution in [0.5, 0.6) is 0 Å². The van der Waals surface area contributed by atoms with Crippen LogP contribution in [-0.2, 0) is 4.79 Å². The second-order valence-corrected chi connectivity index (χ2v) is 4.38. The number of carbonyl (C=O) groups excluding carboxylic acids is 1. The maximum Gasteiger partial charge on any atom is 0.262 e. The van der Waals surface area contributed by atoms with E-state index < -0.39 is 12.0 Å². The molecule has 0 bridgehead atoms. The Balaban J connectivity index is 1.90. The minimum atomic E-state index is -2.71. The van der Waals surface area contributed by atoms with E-state index in [1.807, 2.05) is 0 Å². The molecule has 0 saturated carbocycles. The van der Waals surface area contributed by atoms with E-state index in [2.05, 4.69) is 5.32 Å². The molecule has 0 aromatic heterocycles. The minimum Gasteiger partial charge on any atom is -0.341 e. The molecule has 1 N–H and O–H groups in total. The molecule has 15 heavy (non-hydrogen) atoms. The van der Waals surface area contributed by atoms with Gasteiger partial charge in [-0.25, -0.2) is 8.78 Å². The van der Waals surface area contributed by atoms with E-state index in [-0.39, 0.29) is 18.9 Å². The monoisotopic (exact) mass is 218 g/mol. The van der Waals surface area contributed by atoms with Gasteiger partial charge in [-0.1, -0.05) is 0 Å². The fourth-order valence-corrected chi connectivity index (χ4v) is 2.22. The summed E-state index contributed by atoms with van der Waals surface area (Å²) >= 11 is 0. The molecular weight excluding hydrogens is 202 g/mol. The normalized spacial score (nSPS) is 30.5. The number of piperidine rings is 1. The molecule has 0 spiro atoms. The third kappa shape index (κ3) is 2.45. The lowest BCUT2D eigenvalue weighted by Gasteiger charge is -2.29. The molecule has 86 valence electrons. The molecule has 2 heterocycles. The summed E-state index contributed by atoms with van der Waals surface area (Å²) < 4.78 is 25.8. The van der Waals surface area contributed by atoms with Crippen LogP contribution in [0.15, 0.2) is 0 Å². The highest BCUT2D eigenvalue weighted by Gasteiger charge is 2.43. The third-order valence-electron chi connectivity index (χ3n) is 3.08. The summed E-state index contributed by atoms with van der Waals surface area (Å²) in [5.74, 6) is -2.86. The van der Waals surface area contributed by atoms with E-state index in [1.54, 1.807) is 4.90 Å². The second kappa shape index (κ2) is 4.04. The number of halogens is 2. The van der Waals surface area contributed by atoms with Crippen molar-refractivity contribution in [3.63, 3.8) is 0 Å². The van der Waals surface area contributed by atoms with Gasteiger partial charge in [0.1, 0.15) is 0 Å². The van der Waals surface area contributed by atoms with Gasteiger partial charge >= 0.3 is 0 Å². The summed E-state index contributed by atoms with van der Waals surface area (Å²) in [4.78, 5) is 13.5. The lowest BCUT2D eigenvalue weighted by Crippen LogP contribution is -2.45. The van der Waals surface area contributed by atoms with Crippen molar-refractivity contribution in [3.8, 4) is 0 Å². The molecule has 2 aliphatic heterocycles. The molecule has 2 fully saturated rings. The van der Waals surface area contributed by atoms with Crippen molar-refractivity contribution in [2.45, 2.75) is 37.6 Å². The van der Waals surface area contributed by atoms with Crippen molar-refractivity contribution in [1.29, 1.82) is 0 Å². The van der Waals surface area contributed by atoms with Gasteiger partial charge < -0.3 is 4.90 Å².